The van der Waals surface area contributed by atoms with Crippen LogP contribution in [0.25, 0.3) is 11.6 Å². The number of carbonyl (C=O) groups excluding carboxylic acids is 2. The number of allylic oxidation sites excluding steroid dienone is 1. The van der Waals surface area contributed by atoms with Crippen molar-refractivity contribution < 1.29 is 29.6 Å². The van der Waals surface area contributed by atoms with E-state index >= 15 is 0 Å². The molecule has 1 aliphatic heterocycles. The number of carbonyl (C=O) groups is 2. The van der Waals surface area contributed by atoms with Crippen LogP contribution in [0.2, 0.25) is 0 Å². The number of phenols is 1. The number of rotatable bonds is 12. The van der Waals surface area contributed by atoms with Crippen molar-refractivity contribution in [3.8, 4) is 11.5 Å². The molecule has 3 N–H and O–H groups in total. The van der Waals surface area contributed by atoms with Gasteiger partial charge in [-0.1, -0.05) is 30.3 Å². The minimum absolute atomic E-state index is 0.123. The van der Waals surface area contributed by atoms with Gasteiger partial charge in [0.25, 0.3) is 0 Å². The number of aliphatic hydroxyl groups is 2. The lowest BCUT2D eigenvalue weighted by atomic mass is 9.68. The van der Waals surface area contributed by atoms with Crippen LogP contribution in [0.3, 0.4) is 0 Å². The summed E-state index contributed by atoms with van der Waals surface area (Å²) < 4.78 is 6.15. The van der Waals surface area contributed by atoms with Crippen LogP contribution < -0.4 is 4.74 Å². The van der Waals surface area contributed by atoms with Crippen molar-refractivity contribution in [2.45, 2.75) is 45.8 Å². The first-order chi connectivity index (χ1) is 23.2. The lowest BCUT2D eigenvalue weighted by molar-refractivity contribution is -0.140. The van der Waals surface area contributed by atoms with E-state index in [9.17, 15) is 24.9 Å². The molecule has 0 saturated carbocycles. The van der Waals surface area contributed by atoms with Gasteiger partial charge in [-0.2, -0.15) is 0 Å². The van der Waals surface area contributed by atoms with Crippen molar-refractivity contribution >= 4 is 34.8 Å². The van der Waals surface area contributed by atoms with E-state index in [2.05, 4.69) is 4.98 Å². The molecule has 1 saturated heterocycles. The van der Waals surface area contributed by atoms with Gasteiger partial charge in [-0.25, -0.2) is 0 Å². The second kappa shape index (κ2) is 14.7. The number of hydrogen-bond acceptors (Lipinski definition) is 8. The lowest BCUT2D eigenvalue weighted by Crippen LogP contribution is -2.40. The van der Waals surface area contributed by atoms with Crippen LogP contribution in [-0.4, -0.2) is 56.3 Å². The molecule has 1 aliphatic carbocycles. The Morgan fingerprint density at radius 3 is 2.46 bits per heavy atom. The average Bonchev–Trinajstić information content (AvgIpc) is 3.70. The van der Waals surface area contributed by atoms with Crippen LogP contribution in [0.1, 0.15) is 46.5 Å². The zero-order valence-corrected chi connectivity index (χ0v) is 27.9. The average molecular weight is 665 g/mol. The number of phenolic OH excluding ortho intramolecular Hbond substituents is 1. The first-order valence-corrected chi connectivity index (χ1v) is 17.1. The van der Waals surface area contributed by atoms with Crippen LogP contribution in [0.4, 0.5) is 0 Å². The molecule has 1 fully saturated rings. The van der Waals surface area contributed by atoms with Gasteiger partial charge in [0.05, 0.1) is 36.8 Å². The molecule has 3 heterocycles. The zero-order valence-electron chi connectivity index (χ0n) is 27.1. The van der Waals surface area contributed by atoms with Crippen LogP contribution in [0.5, 0.6) is 11.5 Å². The second-order valence-electron chi connectivity index (χ2n) is 12.6. The third-order valence-electron chi connectivity index (χ3n) is 9.42. The van der Waals surface area contributed by atoms with Crippen molar-refractivity contribution in [2.24, 2.45) is 17.8 Å². The van der Waals surface area contributed by atoms with E-state index in [1.807, 2.05) is 98.1 Å². The summed E-state index contributed by atoms with van der Waals surface area (Å²) in [6.07, 6.45) is 3.73. The fourth-order valence-electron chi connectivity index (χ4n) is 7.11. The molecule has 2 aromatic carbocycles. The van der Waals surface area contributed by atoms with Crippen molar-refractivity contribution in [3.63, 3.8) is 0 Å². The molecule has 0 radical (unpaired) electrons. The van der Waals surface area contributed by atoms with E-state index in [1.165, 1.54) is 16.2 Å². The number of likely N-dealkylation sites (tertiary alicyclic amines) is 1. The molecule has 2 aliphatic rings. The predicted molar refractivity (Wildman–Crippen MR) is 186 cm³/mol. The summed E-state index contributed by atoms with van der Waals surface area (Å²) in [5.41, 5.74) is 5.40. The Kier molecular flexibility index (Phi) is 10.2. The SMILES string of the molecule is Cc1cc(/C=C(/CC[C@@H](O)C2=C(COc3ccccc3)C[C@H]3C(=O)N(Cc4cccs4)C(=O)[C@H]3[C@H]2CO)c2ccccn2)cc(C)c1O. The van der Waals surface area contributed by atoms with Crippen molar-refractivity contribution in [1.82, 2.24) is 9.88 Å². The van der Waals surface area contributed by atoms with Crippen LogP contribution in [-0.2, 0) is 16.1 Å². The standard InChI is InChI=1S/C39H40N2O6S/c1-24-17-26(18-25(2)37(24)44)19-27(33-12-6-7-15-40-33)13-14-34(43)35-28(23-47-29-9-4-3-5-10-29)20-31-36(32(35)22-42)39(46)41(38(31)45)21-30-11-8-16-48-30/h3-12,15-19,31-32,34,36,42-44H,13-14,20-23H2,1-2H3/b27-19-/t31-,32+,34-,36-/m1/s1. The Morgan fingerprint density at radius 2 is 1.79 bits per heavy atom. The van der Waals surface area contributed by atoms with E-state index in [0.717, 1.165) is 38.4 Å². The number of para-hydroxylation sites is 1. The van der Waals surface area contributed by atoms with Crippen molar-refractivity contribution in [2.75, 3.05) is 13.2 Å². The first kappa shape index (κ1) is 33.3. The molecule has 4 aromatic rings. The quantitative estimate of drug-likeness (QED) is 0.120. The number of aryl methyl sites for hydroxylation is 2. The fraction of sp³-hybridized carbons (Fsp3) is 0.308. The Hall–Kier alpha value is -4.57. The van der Waals surface area contributed by atoms with Gasteiger partial charge < -0.3 is 20.1 Å². The highest BCUT2D eigenvalue weighted by Gasteiger charge is 2.55. The Morgan fingerprint density at radius 1 is 1.04 bits per heavy atom. The van der Waals surface area contributed by atoms with Gasteiger partial charge in [0.15, 0.2) is 0 Å². The number of ether oxygens (including phenoxy) is 1. The van der Waals surface area contributed by atoms with E-state index in [-0.39, 0.29) is 50.2 Å². The molecule has 2 amide bonds. The number of aromatic nitrogens is 1. The summed E-state index contributed by atoms with van der Waals surface area (Å²) in [5.74, 6) is -1.78. The fourth-order valence-corrected chi connectivity index (χ4v) is 7.80. The van der Waals surface area contributed by atoms with Gasteiger partial charge >= 0.3 is 0 Å². The largest absolute Gasteiger partial charge is 0.507 e. The Bertz CT molecular complexity index is 1800. The van der Waals surface area contributed by atoms with Gasteiger partial charge in [-0.05, 0) is 120 Å². The monoisotopic (exact) mass is 664 g/mol. The number of hydrogen-bond donors (Lipinski definition) is 3. The van der Waals surface area contributed by atoms with Gasteiger partial charge in [0.2, 0.25) is 11.8 Å². The van der Waals surface area contributed by atoms with E-state index in [4.69, 9.17) is 4.74 Å². The number of amides is 2. The summed E-state index contributed by atoms with van der Waals surface area (Å²) in [6.45, 7) is 3.65. The smallest absolute Gasteiger partial charge is 0.234 e. The highest BCUT2D eigenvalue weighted by atomic mass is 32.1. The predicted octanol–water partition coefficient (Wildman–Crippen LogP) is 6.34. The molecule has 248 valence electrons. The number of aromatic hydroxyl groups is 1. The highest BCUT2D eigenvalue weighted by molar-refractivity contribution is 7.09. The summed E-state index contributed by atoms with van der Waals surface area (Å²) in [6, 6.07) is 22.6. The molecule has 9 heteroatoms. The molecule has 48 heavy (non-hydrogen) atoms. The number of fused-ring (bicyclic) bond motifs is 1. The van der Waals surface area contributed by atoms with Crippen LogP contribution in [0, 0.1) is 31.6 Å². The highest BCUT2D eigenvalue weighted by Crippen LogP contribution is 2.47. The molecular formula is C39H40N2O6S. The third kappa shape index (κ3) is 6.99. The molecule has 2 aromatic heterocycles. The minimum Gasteiger partial charge on any atom is -0.507 e. The Labute approximate surface area is 284 Å². The molecule has 0 unspecified atom stereocenters. The van der Waals surface area contributed by atoms with Gasteiger partial charge in [0, 0.05) is 17.0 Å². The first-order valence-electron chi connectivity index (χ1n) is 16.2. The van der Waals surface area contributed by atoms with Crippen molar-refractivity contribution in [1.29, 1.82) is 0 Å². The maximum Gasteiger partial charge on any atom is 0.234 e. The second-order valence-corrected chi connectivity index (χ2v) is 13.6. The summed E-state index contributed by atoms with van der Waals surface area (Å²) in [5, 5.41) is 35.0. The molecular weight excluding hydrogens is 625 g/mol. The number of imide groups is 1. The molecule has 4 atom stereocenters. The lowest BCUT2D eigenvalue weighted by Gasteiger charge is -2.36. The normalized spacial score (nSPS) is 20.3. The topological polar surface area (TPSA) is 120 Å². The molecule has 0 bridgehead atoms. The molecule has 8 nitrogen and oxygen atoms in total. The van der Waals surface area contributed by atoms with Crippen LogP contribution in [0.15, 0.2) is 95.5 Å². The zero-order chi connectivity index (χ0) is 33.8. The number of aliphatic hydroxyl groups excluding tert-OH is 2. The number of benzene rings is 2. The number of thiophene rings is 1. The maximum absolute atomic E-state index is 13.9. The summed E-state index contributed by atoms with van der Waals surface area (Å²) in [7, 11) is 0. The maximum atomic E-state index is 13.9. The van der Waals surface area contributed by atoms with Gasteiger partial charge in [-0.3, -0.25) is 19.5 Å². The third-order valence-corrected chi connectivity index (χ3v) is 10.3. The summed E-state index contributed by atoms with van der Waals surface area (Å²) >= 11 is 1.49. The number of nitrogens with zero attached hydrogens (tertiary/aromatic N) is 2. The summed E-state index contributed by atoms with van der Waals surface area (Å²) in [4.78, 5) is 34.4. The van der Waals surface area contributed by atoms with E-state index in [1.54, 1.807) is 6.20 Å². The Balaban J connectivity index is 1.32. The van der Waals surface area contributed by atoms with Gasteiger partial charge in [0.1, 0.15) is 18.1 Å². The molecule has 0 spiro atoms. The van der Waals surface area contributed by atoms with Gasteiger partial charge in [-0.15, -0.1) is 11.3 Å². The van der Waals surface area contributed by atoms with E-state index < -0.39 is 23.9 Å². The number of pyridine rings is 1. The van der Waals surface area contributed by atoms with Crippen molar-refractivity contribution in [3.05, 3.63) is 123 Å². The minimum atomic E-state index is -1.01. The van der Waals surface area contributed by atoms with E-state index in [0.29, 0.717) is 17.7 Å². The molecule has 6 rings (SSSR count). The van der Waals surface area contributed by atoms with Crippen LogP contribution >= 0.6 is 11.3 Å².